The summed E-state index contributed by atoms with van der Waals surface area (Å²) in [5.74, 6) is 2.21. The summed E-state index contributed by atoms with van der Waals surface area (Å²) in [7, 11) is 0. The number of fused-ring (bicyclic) bond motifs is 2. The van der Waals surface area contributed by atoms with Gasteiger partial charge in [-0.1, -0.05) is 51.1 Å². The van der Waals surface area contributed by atoms with E-state index in [0.717, 1.165) is 24.3 Å². The summed E-state index contributed by atoms with van der Waals surface area (Å²) in [5, 5.41) is 4.30. The zero-order valence-electron chi connectivity index (χ0n) is 18.6. The minimum Gasteiger partial charge on any atom is -0.486 e. The number of aryl methyl sites for hydroxylation is 1. The van der Waals surface area contributed by atoms with Crippen molar-refractivity contribution in [3.8, 4) is 11.5 Å². The number of para-hydroxylation sites is 3. The van der Waals surface area contributed by atoms with Crippen LogP contribution in [0.15, 0.2) is 48.7 Å². The molecule has 164 valence electrons. The van der Waals surface area contributed by atoms with E-state index < -0.39 is 0 Å². The molecule has 0 aliphatic carbocycles. The van der Waals surface area contributed by atoms with Gasteiger partial charge in [0.2, 0.25) is 5.91 Å². The Bertz CT molecular complexity index is 1040. The lowest BCUT2D eigenvalue weighted by atomic mass is 9.87. The van der Waals surface area contributed by atoms with Crippen LogP contribution in [0, 0.1) is 5.92 Å². The molecule has 5 heteroatoms. The molecule has 1 aliphatic rings. The number of benzene rings is 2. The van der Waals surface area contributed by atoms with Gasteiger partial charge in [-0.3, -0.25) is 4.79 Å². The van der Waals surface area contributed by atoms with Crippen LogP contribution in [0.1, 0.15) is 50.7 Å². The number of nitrogens with one attached hydrogen (secondary N) is 2. The number of carbonyl (C=O) groups is 1. The molecule has 2 aromatic carbocycles. The van der Waals surface area contributed by atoms with Crippen molar-refractivity contribution in [3.05, 3.63) is 59.8 Å². The molecule has 2 N–H and O–H groups in total. The Morgan fingerprint density at radius 1 is 1.16 bits per heavy atom. The first-order valence-electron chi connectivity index (χ1n) is 11.3. The van der Waals surface area contributed by atoms with Gasteiger partial charge in [-0.2, -0.15) is 0 Å². The van der Waals surface area contributed by atoms with Gasteiger partial charge in [-0.15, -0.1) is 0 Å². The highest BCUT2D eigenvalue weighted by atomic mass is 16.6. The molecule has 3 aromatic rings. The van der Waals surface area contributed by atoms with Crippen molar-refractivity contribution in [1.82, 2.24) is 10.3 Å². The smallest absolute Gasteiger partial charge is 0.220 e. The number of H-pyrrole nitrogens is 1. The molecule has 2 heterocycles. The van der Waals surface area contributed by atoms with E-state index in [4.69, 9.17) is 9.47 Å². The van der Waals surface area contributed by atoms with Crippen LogP contribution >= 0.6 is 0 Å². The predicted molar refractivity (Wildman–Crippen MR) is 124 cm³/mol. The van der Waals surface area contributed by atoms with Crippen LogP contribution in [-0.4, -0.2) is 30.1 Å². The summed E-state index contributed by atoms with van der Waals surface area (Å²) in [6, 6.07) is 14.1. The molecule has 4 rings (SSSR count). The highest BCUT2D eigenvalue weighted by Gasteiger charge is 2.24. The third kappa shape index (κ3) is 4.87. The first-order chi connectivity index (χ1) is 15.0. The van der Waals surface area contributed by atoms with Crippen LogP contribution in [0.2, 0.25) is 0 Å². The van der Waals surface area contributed by atoms with Crippen molar-refractivity contribution in [1.29, 1.82) is 0 Å². The Hall–Kier alpha value is -2.95. The van der Waals surface area contributed by atoms with E-state index in [2.05, 4.69) is 55.5 Å². The molecule has 1 amide bonds. The highest BCUT2D eigenvalue weighted by molar-refractivity contribution is 5.87. The second-order valence-corrected chi connectivity index (χ2v) is 8.77. The average molecular weight is 421 g/mol. The Kier molecular flexibility index (Phi) is 6.50. The normalized spacial score (nSPS) is 16.5. The van der Waals surface area contributed by atoms with Gasteiger partial charge in [0.25, 0.3) is 0 Å². The van der Waals surface area contributed by atoms with Crippen LogP contribution < -0.4 is 14.8 Å². The fraction of sp³-hybridized carbons (Fsp3) is 0.423. The molecule has 0 saturated carbocycles. The summed E-state index contributed by atoms with van der Waals surface area (Å²) in [5.41, 5.74) is 3.74. The molecular weight excluding hydrogens is 388 g/mol. The van der Waals surface area contributed by atoms with Gasteiger partial charge < -0.3 is 19.8 Å². The number of aromatic amines is 1. The largest absolute Gasteiger partial charge is 0.486 e. The van der Waals surface area contributed by atoms with Crippen LogP contribution in [0.25, 0.3) is 10.9 Å². The zero-order valence-corrected chi connectivity index (χ0v) is 18.6. The molecule has 0 unspecified atom stereocenters. The van der Waals surface area contributed by atoms with E-state index in [1.165, 1.54) is 22.0 Å². The van der Waals surface area contributed by atoms with Gasteiger partial charge in [-0.25, -0.2) is 0 Å². The first-order valence-corrected chi connectivity index (χ1v) is 11.3. The fourth-order valence-electron chi connectivity index (χ4n) is 4.45. The lowest BCUT2D eigenvalue weighted by molar-refractivity contribution is -0.122. The standard InChI is InChI=1S/C26H32N2O3/c1-4-18-8-7-9-21-22(15-28-26(18)21)19(12-17(2)3)13-25(29)27-14-20-16-30-23-10-5-6-11-24(23)31-20/h5-11,15,17,19-20,28H,4,12-14,16H2,1-3H3,(H,27,29)/t19-,20-/m0/s1. The number of amides is 1. The average Bonchev–Trinajstić information content (AvgIpc) is 3.21. The van der Waals surface area contributed by atoms with E-state index in [1.807, 2.05) is 24.3 Å². The topological polar surface area (TPSA) is 63.4 Å². The number of hydrogen-bond acceptors (Lipinski definition) is 3. The van der Waals surface area contributed by atoms with Crippen LogP contribution in [0.3, 0.4) is 0 Å². The van der Waals surface area contributed by atoms with Gasteiger partial charge in [0.05, 0.1) is 6.54 Å². The fourth-order valence-corrected chi connectivity index (χ4v) is 4.45. The third-order valence-electron chi connectivity index (χ3n) is 5.94. The van der Waals surface area contributed by atoms with Crippen molar-refractivity contribution in [2.24, 2.45) is 5.92 Å². The third-order valence-corrected chi connectivity index (χ3v) is 5.94. The van der Waals surface area contributed by atoms with E-state index in [1.54, 1.807) is 0 Å². The molecule has 0 fully saturated rings. The zero-order chi connectivity index (χ0) is 21.8. The Morgan fingerprint density at radius 3 is 2.74 bits per heavy atom. The van der Waals surface area contributed by atoms with Gasteiger partial charge >= 0.3 is 0 Å². The molecule has 0 radical (unpaired) electrons. The highest BCUT2D eigenvalue weighted by Crippen LogP contribution is 2.34. The Balaban J connectivity index is 1.42. The summed E-state index contributed by atoms with van der Waals surface area (Å²) in [6.07, 6.45) is 4.33. The minimum atomic E-state index is -0.178. The summed E-state index contributed by atoms with van der Waals surface area (Å²) in [6.45, 7) is 7.47. The lowest BCUT2D eigenvalue weighted by Gasteiger charge is -2.27. The summed E-state index contributed by atoms with van der Waals surface area (Å²) < 4.78 is 11.7. The van der Waals surface area contributed by atoms with Crippen molar-refractivity contribution >= 4 is 16.8 Å². The van der Waals surface area contributed by atoms with Crippen molar-refractivity contribution < 1.29 is 14.3 Å². The number of ether oxygens (including phenoxy) is 2. The minimum absolute atomic E-state index is 0.0501. The Labute approximate surface area is 184 Å². The summed E-state index contributed by atoms with van der Waals surface area (Å²) in [4.78, 5) is 16.3. The SMILES string of the molecule is CCc1cccc2c([C@H](CC(=O)NC[C@H]3COc4ccccc4O3)CC(C)C)c[nH]c12. The number of rotatable bonds is 8. The Morgan fingerprint density at radius 2 is 1.97 bits per heavy atom. The molecule has 5 nitrogen and oxygen atoms in total. The number of aromatic nitrogens is 1. The predicted octanol–water partition coefficient (Wildman–Crippen LogP) is 5.21. The number of hydrogen-bond donors (Lipinski definition) is 2. The van der Waals surface area contributed by atoms with Gasteiger partial charge in [-0.05, 0) is 47.9 Å². The molecule has 1 aromatic heterocycles. The van der Waals surface area contributed by atoms with Gasteiger partial charge in [0.15, 0.2) is 11.5 Å². The molecule has 0 saturated heterocycles. The molecule has 2 atom stereocenters. The second-order valence-electron chi connectivity index (χ2n) is 8.77. The molecular formula is C26H32N2O3. The maximum absolute atomic E-state index is 12.9. The van der Waals surface area contributed by atoms with Crippen molar-refractivity contribution in [3.63, 3.8) is 0 Å². The van der Waals surface area contributed by atoms with E-state index in [0.29, 0.717) is 25.5 Å². The lowest BCUT2D eigenvalue weighted by Crippen LogP contribution is -2.41. The maximum atomic E-state index is 12.9. The van der Waals surface area contributed by atoms with Crippen LogP contribution in [-0.2, 0) is 11.2 Å². The van der Waals surface area contributed by atoms with Crippen LogP contribution in [0.4, 0.5) is 0 Å². The molecule has 0 spiro atoms. The van der Waals surface area contributed by atoms with Gasteiger partial charge in [0.1, 0.15) is 12.7 Å². The molecule has 31 heavy (non-hydrogen) atoms. The number of carbonyl (C=O) groups excluding carboxylic acids is 1. The van der Waals surface area contributed by atoms with E-state index in [9.17, 15) is 4.79 Å². The quantitative estimate of drug-likeness (QED) is 0.526. The van der Waals surface area contributed by atoms with Crippen LogP contribution in [0.5, 0.6) is 11.5 Å². The monoisotopic (exact) mass is 420 g/mol. The summed E-state index contributed by atoms with van der Waals surface area (Å²) >= 11 is 0. The molecule has 1 aliphatic heterocycles. The van der Waals surface area contributed by atoms with E-state index in [-0.39, 0.29) is 17.9 Å². The van der Waals surface area contributed by atoms with Crippen molar-refractivity contribution in [2.45, 2.75) is 52.1 Å². The second kappa shape index (κ2) is 9.46. The van der Waals surface area contributed by atoms with Gasteiger partial charge in [0, 0.05) is 23.5 Å². The molecule has 0 bridgehead atoms. The first kappa shape index (κ1) is 21.3. The maximum Gasteiger partial charge on any atom is 0.220 e. The van der Waals surface area contributed by atoms with Crippen molar-refractivity contribution in [2.75, 3.05) is 13.2 Å². The van der Waals surface area contributed by atoms with E-state index >= 15 is 0 Å².